The van der Waals surface area contributed by atoms with Crippen LogP contribution < -0.4 is 24.8 Å². The first-order valence-corrected chi connectivity index (χ1v) is 8.96. The Balaban J connectivity index is 2.18. The van der Waals surface area contributed by atoms with E-state index < -0.39 is 6.61 Å². The molecule has 2 rings (SSSR count). The number of rotatable bonds is 9. The minimum absolute atomic E-state index is 0.111. The third kappa shape index (κ3) is 6.29. The molecule has 2 N–H and O–H groups in total. The van der Waals surface area contributed by atoms with Crippen LogP contribution in [0.15, 0.2) is 47.5 Å². The Bertz CT molecular complexity index is 785. The summed E-state index contributed by atoms with van der Waals surface area (Å²) in [5.74, 6) is 1.86. The summed E-state index contributed by atoms with van der Waals surface area (Å²) in [6.07, 6.45) is 0. The van der Waals surface area contributed by atoms with Crippen LogP contribution in [0.4, 0.5) is 14.5 Å². The third-order valence-corrected chi connectivity index (χ3v) is 3.67. The van der Waals surface area contributed by atoms with Gasteiger partial charge < -0.3 is 24.8 Å². The number of alkyl halides is 2. The Morgan fingerprint density at radius 1 is 1.07 bits per heavy atom. The van der Waals surface area contributed by atoms with E-state index in [1.54, 1.807) is 31.4 Å². The number of nitrogens with zero attached hydrogens (tertiary/aromatic N) is 1. The lowest BCUT2D eigenvalue weighted by atomic mass is 10.2. The molecule has 0 fully saturated rings. The van der Waals surface area contributed by atoms with Crippen molar-refractivity contribution >= 4 is 11.6 Å². The van der Waals surface area contributed by atoms with E-state index >= 15 is 0 Å². The summed E-state index contributed by atoms with van der Waals surface area (Å²) in [4.78, 5) is 4.46. The van der Waals surface area contributed by atoms with Gasteiger partial charge in [-0.2, -0.15) is 8.78 Å². The molecule has 0 aliphatic carbocycles. The quantitative estimate of drug-likeness (QED) is 0.492. The van der Waals surface area contributed by atoms with E-state index in [0.717, 1.165) is 5.69 Å². The zero-order chi connectivity index (χ0) is 20.4. The molecule has 0 spiro atoms. The highest BCUT2D eigenvalue weighted by molar-refractivity contribution is 5.93. The molecule has 0 atom stereocenters. The van der Waals surface area contributed by atoms with Crippen LogP contribution >= 0.6 is 0 Å². The van der Waals surface area contributed by atoms with Gasteiger partial charge in [-0.05, 0) is 32.0 Å². The number of ether oxygens (including phenoxy) is 3. The summed E-state index contributed by atoms with van der Waals surface area (Å²) >= 11 is 0. The van der Waals surface area contributed by atoms with E-state index in [9.17, 15) is 8.78 Å². The number of aliphatic imine (C=N–C) groups is 1. The molecule has 0 bridgehead atoms. The summed E-state index contributed by atoms with van der Waals surface area (Å²) in [5.41, 5.74) is 1.31. The molecule has 2 aromatic rings. The van der Waals surface area contributed by atoms with Crippen LogP contribution in [-0.2, 0) is 6.54 Å². The molecule has 0 saturated heterocycles. The Kier molecular flexibility index (Phi) is 8.33. The highest BCUT2D eigenvalue weighted by Crippen LogP contribution is 2.30. The number of hydrogen-bond donors (Lipinski definition) is 2. The van der Waals surface area contributed by atoms with Gasteiger partial charge in [0.1, 0.15) is 5.75 Å². The molecule has 0 heterocycles. The van der Waals surface area contributed by atoms with Crippen molar-refractivity contribution in [3.8, 4) is 17.2 Å². The Labute approximate surface area is 163 Å². The zero-order valence-electron chi connectivity index (χ0n) is 16.2. The largest absolute Gasteiger partial charge is 0.493 e. The lowest BCUT2D eigenvalue weighted by Crippen LogP contribution is -2.30. The summed E-state index contributed by atoms with van der Waals surface area (Å²) in [6.45, 7) is 2.26. The predicted octanol–water partition coefficient (Wildman–Crippen LogP) is 4.27. The number of guanidine groups is 1. The summed E-state index contributed by atoms with van der Waals surface area (Å²) in [7, 11) is 1.58. The van der Waals surface area contributed by atoms with Crippen molar-refractivity contribution in [2.24, 2.45) is 4.99 Å². The van der Waals surface area contributed by atoms with Crippen molar-refractivity contribution in [2.45, 2.75) is 27.0 Å². The number of benzene rings is 2. The van der Waals surface area contributed by atoms with Gasteiger partial charge in [-0.25, -0.2) is 4.99 Å². The van der Waals surface area contributed by atoms with Gasteiger partial charge in [0.2, 0.25) is 0 Å². The molecule has 0 unspecified atom stereocenters. The van der Waals surface area contributed by atoms with Crippen LogP contribution in [0.1, 0.15) is 19.4 Å². The van der Waals surface area contributed by atoms with Gasteiger partial charge >= 0.3 is 6.61 Å². The first kappa shape index (κ1) is 21.3. The SMILES string of the molecule is CCNC(=NCc1ccccc1OC(F)F)Nc1ccc(OC)c(OCC)c1. The third-order valence-electron chi connectivity index (χ3n) is 3.67. The minimum Gasteiger partial charge on any atom is -0.493 e. The van der Waals surface area contributed by atoms with Gasteiger partial charge in [0.25, 0.3) is 0 Å². The predicted molar refractivity (Wildman–Crippen MR) is 106 cm³/mol. The van der Waals surface area contributed by atoms with Crippen LogP contribution in [0.5, 0.6) is 17.2 Å². The van der Waals surface area contributed by atoms with Crippen molar-refractivity contribution in [3.05, 3.63) is 48.0 Å². The molecular formula is C20H25F2N3O3. The number of nitrogens with one attached hydrogen (secondary N) is 2. The second-order valence-corrected chi connectivity index (χ2v) is 5.61. The first-order valence-electron chi connectivity index (χ1n) is 8.96. The van der Waals surface area contributed by atoms with E-state index in [0.29, 0.717) is 36.2 Å². The molecule has 2 aromatic carbocycles. The Hall–Kier alpha value is -3.03. The fourth-order valence-electron chi connectivity index (χ4n) is 2.48. The second kappa shape index (κ2) is 11.0. The average Bonchev–Trinajstić information content (AvgIpc) is 2.67. The van der Waals surface area contributed by atoms with Crippen molar-refractivity contribution in [3.63, 3.8) is 0 Å². The number of hydrogen-bond acceptors (Lipinski definition) is 4. The van der Waals surface area contributed by atoms with Crippen LogP contribution in [-0.4, -0.2) is 32.8 Å². The van der Waals surface area contributed by atoms with Crippen LogP contribution in [0.3, 0.4) is 0 Å². The number of para-hydroxylation sites is 1. The average molecular weight is 393 g/mol. The number of halogens is 2. The standard InChI is InChI=1S/C20H25F2N3O3/c1-4-23-20(24-13-14-8-6-7-9-16(14)28-19(21)22)25-15-10-11-17(26-3)18(12-15)27-5-2/h6-12,19H,4-5,13H2,1-3H3,(H2,23,24,25). The van der Waals surface area contributed by atoms with Crippen molar-refractivity contribution in [1.29, 1.82) is 0 Å². The maximum Gasteiger partial charge on any atom is 0.387 e. The normalized spacial score (nSPS) is 11.3. The molecule has 0 amide bonds. The molecule has 8 heteroatoms. The fourth-order valence-corrected chi connectivity index (χ4v) is 2.48. The zero-order valence-corrected chi connectivity index (χ0v) is 16.2. The lowest BCUT2D eigenvalue weighted by molar-refractivity contribution is -0.0504. The topological polar surface area (TPSA) is 64.1 Å². The van der Waals surface area contributed by atoms with Crippen molar-refractivity contribution < 1.29 is 23.0 Å². The van der Waals surface area contributed by atoms with E-state index in [1.165, 1.54) is 6.07 Å². The lowest BCUT2D eigenvalue weighted by Gasteiger charge is -2.15. The molecule has 0 aromatic heterocycles. The Morgan fingerprint density at radius 3 is 2.54 bits per heavy atom. The first-order chi connectivity index (χ1) is 13.6. The molecular weight excluding hydrogens is 368 g/mol. The monoisotopic (exact) mass is 393 g/mol. The van der Waals surface area contributed by atoms with Crippen molar-refractivity contribution in [1.82, 2.24) is 5.32 Å². The molecule has 0 aliphatic heterocycles. The summed E-state index contributed by atoms with van der Waals surface area (Å²) in [6, 6.07) is 12.0. The van der Waals surface area contributed by atoms with Gasteiger partial charge in [0.05, 0.1) is 20.3 Å². The van der Waals surface area contributed by atoms with E-state index in [-0.39, 0.29) is 12.3 Å². The Morgan fingerprint density at radius 2 is 1.86 bits per heavy atom. The van der Waals surface area contributed by atoms with Crippen molar-refractivity contribution in [2.75, 3.05) is 25.6 Å². The molecule has 28 heavy (non-hydrogen) atoms. The molecule has 6 nitrogen and oxygen atoms in total. The van der Waals surface area contributed by atoms with Gasteiger partial charge in [0.15, 0.2) is 17.5 Å². The van der Waals surface area contributed by atoms with Gasteiger partial charge in [0, 0.05) is 23.9 Å². The smallest absolute Gasteiger partial charge is 0.387 e. The number of anilines is 1. The van der Waals surface area contributed by atoms with E-state index in [2.05, 4.69) is 20.4 Å². The van der Waals surface area contributed by atoms with Crippen LogP contribution in [0.25, 0.3) is 0 Å². The highest BCUT2D eigenvalue weighted by Gasteiger charge is 2.10. The molecule has 0 aliphatic rings. The van der Waals surface area contributed by atoms with Gasteiger partial charge in [-0.1, -0.05) is 18.2 Å². The van der Waals surface area contributed by atoms with Gasteiger partial charge in [-0.3, -0.25) is 0 Å². The van der Waals surface area contributed by atoms with E-state index in [1.807, 2.05) is 26.0 Å². The maximum atomic E-state index is 12.6. The van der Waals surface area contributed by atoms with Crippen LogP contribution in [0, 0.1) is 0 Å². The summed E-state index contributed by atoms with van der Waals surface area (Å²) in [5, 5.41) is 6.29. The second-order valence-electron chi connectivity index (χ2n) is 5.61. The van der Waals surface area contributed by atoms with Crippen LogP contribution in [0.2, 0.25) is 0 Å². The molecule has 0 radical (unpaired) electrons. The molecule has 152 valence electrons. The fraction of sp³-hybridized carbons (Fsp3) is 0.350. The highest BCUT2D eigenvalue weighted by atomic mass is 19.3. The molecule has 0 saturated carbocycles. The minimum atomic E-state index is -2.88. The number of methoxy groups -OCH3 is 1. The maximum absolute atomic E-state index is 12.6. The van der Waals surface area contributed by atoms with E-state index in [4.69, 9.17) is 9.47 Å². The summed E-state index contributed by atoms with van der Waals surface area (Å²) < 4.78 is 40.5. The van der Waals surface area contributed by atoms with Gasteiger partial charge in [-0.15, -0.1) is 0 Å².